The Labute approximate surface area is 142 Å². The Balaban J connectivity index is 2.05. The molecular formula is C18H24N4O2. The quantitative estimate of drug-likeness (QED) is 0.798. The van der Waals surface area contributed by atoms with Gasteiger partial charge in [0.2, 0.25) is 0 Å². The van der Waals surface area contributed by atoms with Crippen molar-refractivity contribution in [3.8, 4) is 0 Å². The number of hydrogen-bond donors (Lipinski definition) is 2. The van der Waals surface area contributed by atoms with Crippen LogP contribution >= 0.6 is 0 Å². The van der Waals surface area contributed by atoms with E-state index in [1.807, 2.05) is 12.1 Å². The minimum absolute atomic E-state index is 0.112. The highest BCUT2D eigenvalue weighted by molar-refractivity contribution is 5.92. The van der Waals surface area contributed by atoms with Crippen molar-refractivity contribution in [3.05, 3.63) is 47.9 Å². The maximum absolute atomic E-state index is 12.0. The summed E-state index contributed by atoms with van der Waals surface area (Å²) in [5.74, 6) is 0.325. The van der Waals surface area contributed by atoms with Gasteiger partial charge >= 0.3 is 0 Å². The van der Waals surface area contributed by atoms with Crippen LogP contribution < -0.4 is 10.6 Å². The van der Waals surface area contributed by atoms with Crippen molar-refractivity contribution in [2.24, 2.45) is 0 Å². The smallest absolute Gasteiger partial charge is 0.270 e. The van der Waals surface area contributed by atoms with E-state index in [-0.39, 0.29) is 11.3 Å². The molecule has 0 atom stereocenters. The van der Waals surface area contributed by atoms with Crippen molar-refractivity contribution in [1.82, 2.24) is 15.3 Å². The van der Waals surface area contributed by atoms with Gasteiger partial charge in [-0.05, 0) is 23.1 Å². The summed E-state index contributed by atoms with van der Waals surface area (Å²) in [5.41, 5.74) is 2.59. The van der Waals surface area contributed by atoms with Gasteiger partial charge in [0.15, 0.2) is 0 Å². The first kappa shape index (κ1) is 17.9. The number of carbonyl (C=O) groups is 1. The molecular weight excluding hydrogens is 304 g/mol. The maximum atomic E-state index is 12.0. The topological polar surface area (TPSA) is 76.1 Å². The molecule has 0 saturated carbocycles. The van der Waals surface area contributed by atoms with Crippen LogP contribution in [0, 0.1) is 0 Å². The minimum Gasteiger partial charge on any atom is -0.383 e. The molecule has 1 aromatic heterocycles. The highest BCUT2D eigenvalue weighted by Gasteiger charge is 2.13. The van der Waals surface area contributed by atoms with Crippen LogP contribution in [0.5, 0.6) is 0 Å². The highest BCUT2D eigenvalue weighted by atomic mass is 16.5. The van der Waals surface area contributed by atoms with E-state index in [0.29, 0.717) is 24.7 Å². The normalized spacial score (nSPS) is 11.2. The molecule has 1 aromatic carbocycles. The summed E-state index contributed by atoms with van der Waals surface area (Å²) in [6.45, 7) is 7.43. The highest BCUT2D eigenvalue weighted by Crippen LogP contribution is 2.24. The maximum Gasteiger partial charge on any atom is 0.270 e. The van der Waals surface area contributed by atoms with Crippen LogP contribution in [0.3, 0.4) is 0 Å². The predicted molar refractivity (Wildman–Crippen MR) is 94.7 cm³/mol. The van der Waals surface area contributed by atoms with Gasteiger partial charge in [0, 0.05) is 25.4 Å². The molecule has 6 nitrogen and oxygen atoms in total. The molecule has 0 bridgehead atoms. The lowest BCUT2D eigenvalue weighted by Gasteiger charge is -2.19. The minimum atomic E-state index is -0.249. The molecule has 2 rings (SSSR count). The number of anilines is 2. The first-order valence-corrected chi connectivity index (χ1v) is 7.87. The molecule has 0 fully saturated rings. The van der Waals surface area contributed by atoms with Gasteiger partial charge in [-0.15, -0.1) is 0 Å². The number of ether oxygens (including phenoxy) is 1. The third-order valence-corrected chi connectivity index (χ3v) is 3.51. The Morgan fingerprint density at radius 1 is 1.17 bits per heavy atom. The third kappa shape index (κ3) is 5.03. The summed E-state index contributed by atoms with van der Waals surface area (Å²) in [6.07, 6.45) is 1.37. The molecule has 1 amide bonds. The first-order valence-electron chi connectivity index (χ1n) is 7.87. The predicted octanol–water partition coefficient (Wildman–Crippen LogP) is 2.89. The zero-order valence-electron chi connectivity index (χ0n) is 14.6. The van der Waals surface area contributed by atoms with E-state index in [1.165, 1.54) is 11.9 Å². The molecule has 0 unspecified atom stereocenters. The molecule has 2 N–H and O–H groups in total. The fourth-order valence-corrected chi connectivity index (χ4v) is 2.11. The Bertz CT molecular complexity index is 678. The summed E-state index contributed by atoms with van der Waals surface area (Å²) < 4.78 is 4.90. The number of rotatable bonds is 6. The van der Waals surface area contributed by atoms with Crippen molar-refractivity contribution in [2.75, 3.05) is 25.6 Å². The number of methoxy groups -OCH3 is 1. The van der Waals surface area contributed by atoms with Gasteiger partial charge in [-0.1, -0.05) is 32.9 Å². The van der Waals surface area contributed by atoms with Crippen LogP contribution in [0.15, 0.2) is 36.7 Å². The van der Waals surface area contributed by atoms with E-state index in [1.54, 1.807) is 13.2 Å². The Kier molecular flexibility index (Phi) is 5.87. The number of nitrogens with one attached hydrogen (secondary N) is 2. The van der Waals surface area contributed by atoms with E-state index in [2.05, 4.69) is 53.5 Å². The fourth-order valence-electron chi connectivity index (χ4n) is 2.11. The zero-order valence-corrected chi connectivity index (χ0v) is 14.6. The van der Waals surface area contributed by atoms with Gasteiger partial charge in [-0.3, -0.25) is 4.79 Å². The molecule has 0 spiro atoms. The number of hydrogen-bond acceptors (Lipinski definition) is 5. The zero-order chi connectivity index (χ0) is 17.6. The Morgan fingerprint density at radius 2 is 1.88 bits per heavy atom. The monoisotopic (exact) mass is 328 g/mol. The summed E-state index contributed by atoms with van der Waals surface area (Å²) >= 11 is 0. The van der Waals surface area contributed by atoms with Crippen LogP contribution in [-0.4, -0.2) is 36.1 Å². The second-order valence-corrected chi connectivity index (χ2v) is 6.49. The van der Waals surface area contributed by atoms with Crippen LogP contribution in [0.4, 0.5) is 11.5 Å². The van der Waals surface area contributed by atoms with Crippen molar-refractivity contribution < 1.29 is 9.53 Å². The molecule has 0 radical (unpaired) electrons. The lowest BCUT2D eigenvalue weighted by atomic mass is 9.87. The Morgan fingerprint density at radius 3 is 2.50 bits per heavy atom. The standard InChI is InChI=1S/C18H24N4O2/c1-18(2,3)13-5-7-14(8-6-13)22-16-11-15(20-12-21-16)17(23)19-9-10-24-4/h5-8,11-12H,9-10H2,1-4H3,(H,19,23)(H,20,21,22). The van der Waals surface area contributed by atoms with Gasteiger partial charge < -0.3 is 15.4 Å². The molecule has 0 aliphatic rings. The molecule has 0 aliphatic carbocycles. The average molecular weight is 328 g/mol. The second kappa shape index (κ2) is 7.88. The van der Waals surface area contributed by atoms with E-state index in [4.69, 9.17) is 4.74 Å². The lowest BCUT2D eigenvalue weighted by molar-refractivity contribution is 0.0932. The van der Waals surface area contributed by atoms with Crippen molar-refractivity contribution in [3.63, 3.8) is 0 Å². The SMILES string of the molecule is COCCNC(=O)c1cc(Nc2ccc(C(C)(C)C)cc2)ncn1. The van der Waals surface area contributed by atoms with Crippen LogP contribution in [-0.2, 0) is 10.2 Å². The third-order valence-electron chi connectivity index (χ3n) is 3.51. The van der Waals surface area contributed by atoms with Crippen molar-refractivity contribution in [2.45, 2.75) is 26.2 Å². The molecule has 0 saturated heterocycles. The van der Waals surface area contributed by atoms with Gasteiger partial charge in [0.1, 0.15) is 17.8 Å². The average Bonchev–Trinajstić information content (AvgIpc) is 2.55. The van der Waals surface area contributed by atoms with E-state index >= 15 is 0 Å². The molecule has 128 valence electrons. The molecule has 2 aromatic rings. The largest absolute Gasteiger partial charge is 0.383 e. The van der Waals surface area contributed by atoms with Gasteiger partial charge in [-0.2, -0.15) is 0 Å². The number of nitrogens with zero attached hydrogens (tertiary/aromatic N) is 2. The van der Waals surface area contributed by atoms with Crippen molar-refractivity contribution >= 4 is 17.4 Å². The molecule has 6 heteroatoms. The second-order valence-electron chi connectivity index (χ2n) is 6.49. The van der Waals surface area contributed by atoms with Gasteiger partial charge in [-0.25, -0.2) is 9.97 Å². The van der Waals surface area contributed by atoms with E-state index in [0.717, 1.165) is 5.69 Å². The molecule has 24 heavy (non-hydrogen) atoms. The van der Waals surface area contributed by atoms with Crippen LogP contribution in [0.1, 0.15) is 36.8 Å². The first-order chi connectivity index (χ1) is 11.4. The van der Waals surface area contributed by atoms with Crippen LogP contribution in [0.25, 0.3) is 0 Å². The fraction of sp³-hybridized carbons (Fsp3) is 0.389. The number of amides is 1. The summed E-state index contributed by atoms with van der Waals surface area (Å²) in [5, 5.41) is 5.92. The number of aromatic nitrogens is 2. The summed E-state index contributed by atoms with van der Waals surface area (Å²) in [4.78, 5) is 20.2. The van der Waals surface area contributed by atoms with Gasteiger partial charge in [0.05, 0.1) is 6.61 Å². The molecule has 1 heterocycles. The van der Waals surface area contributed by atoms with E-state index < -0.39 is 0 Å². The van der Waals surface area contributed by atoms with Crippen LogP contribution in [0.2, 0.25) is 0 Å². The van der Waals surface area contributed by atoms with Crippen molar-refractivity contribution in [1.29, 1.82) is 0 Å². The van der Waals surface area contributed by atoms with E-state index in [9.17, 15) is 4.79 Å². The summed E-state index contributed by atoms with van der Waals surface area (Å²) in [7, 11) is 1.59. The number of benzene rings is 1. The number of carbonyl (C=O) groups excluding carboxylic acids is 1. The lowest BCUT2D eigenvalue weighted by Crippen LogP contribution is -2.27. The summed E-state index contributed by atoms with van der Waals surface area (Å²) in [6, 6.07) is 9.80. The van der Waals surface area contributed by atoms with Gasteiger partial charge in [0.25, 0.3) is 5.91 Å². The Hall–Kier alpha value is -2.47. The molecule has 0 aliphatic heterocycles.